The van der Waals surface area contributed by atoms with Crippen LogP contribution in [0.4, 0.5) is 10.5 Å². The van der Waals surface area contributed by atoms with E-state index in [4.69, 9.17) is 5.26 Å². The number of benzene rings is 1. The number of hydrogen-bond acceptors (Lipinski definition) is 3. The van der Waals surface area contributed by atoms with Gasteiger partial charge >= 0.3 is 6.03 Å². The average Bonchev–Trinajstić information content (AvgIpc) is 2.94. The number of rotatable bonds is 5. The first-order valence-electron chi connectivity index (χ1n) is 7.48. The highest BCUT2D eigenvalue weighted by atomic mass is 16.2. The van der Waals surface area contributed by atoms with Crippen molar-refractivity contribution < 1.29 is 4.79 Å². The number of carbonyl (C=O) groups is 1. The normalized spacial score (nSPS) is 18.2. The predicted octanol–water partition coefficient (Wildman–Crippen LogP) is 2.41. The number of urea groups is 1. The lowest BCUT2D eigenvalue weighted by atomic mass is 10.1. The lowest BCUT2D eigenvalue weighted by molar-refractivity contribution is 0.249. The van der Waals surface area contributed by atoms with E-state index in [9.17, 15) is 4.79 Å². The highest BCUT2D eigenvalue weighted by molar-refractivity contribution is 5.89. The third-order valence-electron chi connectivity index (χ3n) is 3.73. The van der Waals surface area contributed by atoms with E-state index in [1.54, 1.807) is 24.3 Å². The van der Waals surface area contributed by atoms with Crippen LogP contribution in [0.15, 0.2) is 24.3 Å². The fraction of sp³-hybridized carbons (Fsp3) is 0.500. The van der Waals surface area contributed by atoms with Crippen molar-refractivity contribution in [2.75, 3.05) is 31.5 Å². The van der Waals surface area contributed by atoms with Crippen LogP contribution >= 0.6 is 0 Å². The van der Waals surface area contributed by atoms with Crippen LogP contribution in [0.2, 0.25) is 0 Å². The zero-order valence-corrected chi connectivity index (χ0v) is 12.4. The Bertz CT molecular complexity index is 506. The molecule has 0 aromatic heterocycles. The van der Waals surface area contributed by atoms with Crippen LogP contribution in [-0.2, 0) is 0 Å². The van der Waals surface area contributed by atoms with E-state index < -0.39 is 0 Å². The number of anilines is 1. The molecule has 1 heterocycles. The van der Waals surface area contributed by atoms with Gasteiger partial charge in [-0.15, -0.1) is 0 Å². The van der Waals surface area contributed by atoms with Gasteiger partial charge in [0.25, 0.3) is 0 Å². The van der Waals surface area contributed by atoms with Crippen LogP contribution in [0.3, 0.4) is 0 Å². The highest BCUT2D eigenvalue weighted by Gasteiger charge is 2.21. The molecule has 0 radical (unpaired) electrons. The predicted molar refractivity (Wildman–Crippen MR) is 83.0 cm³/mol. The Kier molecular flexibility index (Phi) is 5.59. The average molecular weight is 286 g/mol. The van der Waals surface area contributed by atoms with Crippen molar-refractivity contribution in [3.05, 3.63) is 29.8 Å². The van der Waals surface area contributed by atoms with Gasteiger partial charge in [0.05, 0.1) is 11.6 Å². The second-order valence-electron chi connectivity index (χ2n) is 5.48. The van der Waals surface area contributed by atoms with Crippen molar-refractivity contribution in [3.8, 4) is 6.07 Å². The molecule has 1 saturated heterocycles. The molecular formula is C16H22N4O. The van der Waals surface area contributed by atoms with Gasteiger partial charge in [0, 0.05) is 18.8 Å². The number of nitriles is 1. The van der Waals surface area contributed by atoms with E-state index in [0.717, 1.165) is 26.1 Å². The molecule has 2 N–H and O–H groups in total. The highest BCUT2D eigenvalue weighted by Crippen LogP contribution is 2.15. The zero-order valence-electron chi connectivity index (χ0n) is 12.4. The molecule has 0 unspecified atom stereocenters. The van der Waals surface area contributed by atoms with Crippen LogP contribution in [0, 0.1) is 17.2 Å². The van der Waals surface area contributed by atoms with Gasteiger partial charge in [-0.2, -0.15) is 5.26 Å². The smallest absolute Gasteiger partial charge is 0.319 e. The maximum Gasteiger partial charge on any atom is 0.319 e. The van der Waals surface area contributed by atoms with Crippen molar-refractivity contribution in [1.82, 2.24) is 10.2 Å². The topological polar surface area (TPSA) is 68.2 Å². The molecule has 5 nitrogen and oxygen atoms in total. The molecular weight excluding hydrogens is 264 g/mol. The molecule has 0 saturated carbocycles. The minimum Gasteiger partial charge on any atom is -0.338 e. The summed E-state index contributed by atoms with van der Waals surface area (Å²) in [7, 11) is 0. The maximum atomic E-state index is 11.8. The van der Waals surface area contributed by atoms with Gasteiger partial charge in [0.1, 0.15) is 0 Å². The largest absolute Gasteiger partial charge is 0.338 e. The van der Waals surface area contributed by atoms with Gasteiger partial charge in [-0.3, -0.25) is 0 Å². The zero-order chi connectivity index (χ0) is 15.1. The quantitative estimate of drug-likeness (QED) is 0.873. The third-order valence-corrected chi connectivity index (χ3v) is 3.73. The second-order valence-corrected chi connectivity index (χ2v) is 5.48. The Labute approximate surface area is 125 Å². The molecule has 1 aromatic carbocycles. The summed E-state index contributed by atoms with van der Waals surface area (Å²) < 4.78 is 0. The summed E-state index contributed by atoms with van der Waals surface area (Å²) >= 11 is 0. The summed E-state index contributed by atoms with van der Waals surface area (Å²) in [6.07, 6.45) is 2.33. The molecule has 1 aromatic rings. The van der Waals surface area contributed by atoms with Crippen molar-refractivity contribution >= 4 is 11.7 Å². The van der Waals surface area contributed by atoms with Gasteiger partial charge in [-0.25, -0.2) is 4.79 Å². The van der Waals surface area contributed by atoms with Gasteiger partial charge in [0.15, 0.2) is 0 Å². The minimum atomic E-state index is -0.186. The SMILES string of the molecule is CCCN1CC[C@@H](CNC(=O)Nc2ccc(C#N)cc2)C1. The number of amides is 2. The third kappa shape index (κ3) is 4.76. The minimum absolute atomic E-state index is 0.186. The number of hydrogen-bond donors (Lipinski definition) is 2. The standard InChI is InChI=1S/C16H22N4O/c1-2-8-20-9-7-14(12-20)11-18-16(21)19-15-5-3-13(10-17)4-6-15/h3-6,14H,2,7-9,11-12H2,1H3,(H2,18,19,21)/t14-/m0/s1. The summed E-state index contributed by atoms with van der Waals surface area (Å²) in [4.78, 5) is 14.3. The van der Waals surface area contributed by atoms with E-state index in [1.807, 2.05) is 0 Å². The molecule has 5 heteroatoms. The number of likely N-dealkylation sites (tertiary alicyclic amines) is 1. The summed E-state index contributed by atoms with van der Waals surface area (Å²) in [5.41, 5.74) is 1.29. The van der Waals surface area contributed by atoms with Gasteiger partial charge in [-0.05, 0) is 56.1 Å². The summed E-state index contributed by atoms with van der Waals surface area (Å²) in [5.74, 6) is 0.545. The molecule has 112 valence electrons. The molecule has 0 bridgehead atoms. The first kappa shape index (κ1) is 15.3. The molecule has 0 spiro atoms. The van der Waals surface area contributed by atoms with Crippen LogP contribution in [-0.4, -0.2) is 37.1 Å². The number of nitrogens with one attached hydrogen (secondary N) is 2. The Hall–Kier alpha value is -2.06. The van der Waals surface area contributed by atoms with E-state index >= 15 is 0 Å². The first-order valence-corrected chi connectivity index (χ1v) is 7.48. The van der Waals surface area contributed by atoms with Crippen LogP contribution in [0.25, 0.3) is 0 Å². The fourth-order valence-corrected chi connectivity index (χ4v) is 2.64. The summed E-state index contributed by atoms with van der Waals surface area (Å²) in [5, 5.41) is 14.4. The van der Waals surface area contributed by atoms with E-state index in [2.05, 4.69) is 28.5 Å². The lowest BCUT2D eigenvalue weighted by Crippen LogP contribution is -2.34. The molecule has 2 amide bonds. The molecule has 1 fully saturated rings. The van der Waals surface area contributed by atoms with E-state index in [1.165, 1.54) is 6.42 Å². The van der Waals surface area contributed by atoms with Gasteiger partial charge in [-0.1, -0.05) is 6.92 Å². The molecule has 2 rings (SSSR count). The van der Waals surface area contributed by atoms with Gasteiger partial charge < -0.3 is 15.5 Å². The fourth-order valence-electron chi connectivity index (χ4n) is 2.64. The van der Waals surface area contributed by atoms with Crippen molar-refractivity contribution in [3.63, 3.8) is 0 Å². The molecule has 1 aliphatic rings. The summed E-state index contributed by atoms with van der Waals surface area (Å²) in [6.45, 7) is 6.26. The Morgan fingerprint density at radius 2 is 2.19 bits per heavy atom. The first-order chi connectivity index (χ1) is 10.2. The van der Waals surface area contributed by atoms with Crippen LogP contribution < -0.4 is 10.6 Å². The van der Waals surface area contributed by atoms with Gasteiger partial charge in [0.2, 0.25) is 0 Å². The molecule has 1 aliphatic heterocycles. The van der Waals surface area contributed by atoms with Crippen molar-refractivity contribution in [1.29, 1.82) is 5.26 Å². The van der Waals surface area contributed by atoms with Crippen molar-refractivity contribution in [2.24, 2.45) is 5.92 Å². The van der Waals surface area contributed by atoms with Crippen LogP contribution in [0.5, 0.6) is 0 Å². The number of nitrogens with zero attached hydrogens (tertiary/aromatic N) is 2. The van der Waals surface area contributed by atoms with Crippen LogP contribution in [0.1, 0.15) is 25.3 Å². The van der Waals surface area contributed by atoms with E-state index in [0.29, 0.717) is 23.7 Å². The molecule has 21 heavy (non-hydrogen) atoms. The summed E-state index contributed by atoms with van der Waals surface area (Å²) in [6, 6.07) is 8.71. The lowest BCUT2D eigenvalue weighted by Gasteiger charge is -2.15. The van der Waals surface area contributed by atoms with Crippen molar-refractivity contribution in [2.45, 2.75) is 19.8 Å². The van der Waals surface area contributed by atoms with E-state index in [-0.39, 0.29) is 6.03 Å². The monoisotopic (exact) mass is 286 g/mol. The molecule has 1 atom stereocenters. The maximum absolute atomic E-state index is 11.8. The Balaban J connectivity index is 1.71. The Morgan fingerprint density at radius 1 is 1.43 bits per heavy atom. The second kappa shape index (κ2) is 7.65. The number of carbonyl (C=O) groups excluding carboxylic acids is 1. The molecule has 0 aliphatic carbocycles. The Morgan fingerprint density at radius 3 is 2.86 bits per heavy atom.